The molecule has 4 aromatic rings. The van der Waals surface area contributed by atoms with Gasteiger partial charge in [0.25, 0.3) is 0 Å². The molecule has 4 rings (SSSR count). The molecule has 0 aliphatic heterocycles. The van der Waals surface area contributed by atoms with E-state index in [1.165, 1.54) is 6.33 Å². The fourth-order valence-electron chi connectivity index (χ4n) is 2.98. The molecule has 0 bridgehead atoms. The number of aromatic nitrogens is 2. The molecule has 7 nitrogen and oxygen atoms in total. The van der Waals surface area contributed by atoms with Crippen molar-refractivity contribution in [2.24, 2.45) is 0 Å². The number of nitrogens with two attached hydrogens (primary N) is 1. The summed E-state index contributed by atoms with van der Waals surface area (Å²) in [5, 5.41) is 12.8. The van der Waals surface area contributed by atoms with Crippen molar-refractivity contribution < 1.29 is 4.42 Å². The van der Waals surface area contributed by atoms with Crippen LogP contribution in [-0.4, -0.2) is 9.97 Å². The van der Waals surface area contributed by atoms with Crippen molar-refractivity contribution in [3.63, 3.8) is 0 Å². The van der Waals surface area contributed by atoms with Gasteiger partial charge in [-0.1, -0.05) is 42.5 Å². The number of nitrogen functional groups attached to an aromatic ring is 1. The van der Waals surface area contributed by atoms with E-state index in [9.17, 15) is 10.1 Å². The molecule has 0 spiro atoms. The topological polar surface area (TPSA) is 118 Å². The SMILES string of the molecule is N#Cc1c(N)ncnc1NCc1c(-c2ccccc2)oc2ccccc2c1=O. The van der Waals surface area contributed by atoms with E-state index >= 15 is 0 Å². The first-order valence-corrected chi connectivity index (χ1v) is 8.53. The quantitative estimate of drug-likeness (QED) is 0.566. The molecule has 0 aliphatic carbocycles. The van der Waals surface area contributed by atoms with Crippen LogP contribution in [-0.2, 0) is 6.54 Å². The zero-order valence-corrected chi connectivity index (χ0v) is 14.7. The average molecular weight is 369 g/mol. The van der Waals surface area contributed by atoms with Crippen LogP contribution in [0.5, 0.6) is 0 Å². The predicted molar refractivity (Wildman–Crippen MR) is 106 cm³/mol. The van der Waals surface area contributed by atoms with E-state index in [4.69, 9.17) is 10.2 Å². The maximum Gasteiger partial charge on any atom is 0.198 e. The third-order valence-corrected chi connectivity index (χ3v) is 4.35. The number of nitrogens with one attached hydrogen (secondary N) is 1. The van der Waals surface area contributed by atoms with Gasteiger partial charge in [0, 0.05) is 12.1 Å². The van der Waals surface area contributed by atoms with Crippen molar-refractivity contribution in [3.8, 4) is 17.4 Å². The van der Waals surface area contributed by atoms with Gasteiger partial charge in [-0.2, -0.15) is 5.26 Å². The van der Waals surface area contributed by atoms with Gasteiger partial charge in [0.1, 0.15) is 40.9 Å². The van der Waals surface area contributed by atoms with E-state index in [-0.39, 0.29) is 29.2 Å². The minimum Gasteiger partial charge on any atom is -0.455 e. The Balaban J connectivity index is 1.84. The summed E-state index contributed by atoms with van der Waals surface area (Å²) in [6.45, 7) is 0.114. The second kappa shape index (κ2) is 7.21. The number of para-hydroxylation sites is 1. The number of nitrogens with zero attached hydrogens (tertiary/aromatic N) is 3. The highest BCUT2D eigenvalue weighted by Gasteiger charge is 2.17. The first-order valence-electron chi connectivity index (χ1n) is 8.53. The van der Waals surface area contributed by atoms with Crippen LogP contribution in [0, 0.1) is 11.3 Å². The molecule has 3 N–H and O–H groups in total. The van der Waals surface area contributed by atoms with Gasteiger partial charge >= 0.3 is 0 Å². The van der Waals surface area contributed by atoms with Crippen LogP contribution >= 0.6 is 0 Å². The normalized spacial score (nSPS) is 10.5. The second-order valence-corrected chi connectivity index (χ2v) is 6.05. The molecule has 0 fully saturated rings. The lowest BCUT2D eigenvalue weighted by Crippen LogP contribution is -2.16. The highest BCUT2D eigenvalue weighted by Crippen LogP contribution is 2.27. The summed E-state index contributed by atoms with van der Waals surface area (Å²) in [6, 6.07) is 18.5. The molecule has 0 amide bonds. The number of hydrogen-bond acceptors (Lipinski definition) is 7. The van der Waals surface area contributed by atoms with Crippen LogP contribution in [0.4, 0.5) is 11.6 Å². The number of rotatable bonds is 4. The Bertz CT molecular complexity index is 1260. The molecular formula is C21H15N5O2. The molecule has 2 heterocycles. The van der Waals surface area contributed by atoms with E-state index in [2.05, 4.69) is 15.3 Å². The van der Waals surface area contributed by atoms with E-state index in [1.807, 2.05) is 42.5 Å². The van der Waals surface area contributed by atoms with E-state index < -0.39 is 0 Å². The highest BCUT2D eigenvalue weighted by atomic mass is 16.3. The summed E-state index contributed by atoms with van der Waals surface area (Å²) in [5.41, 5.74) is 7.45. The van der Waals surface area contributed by atoms with E-state index in [0.29, 0.717) is 22.3 Å². The summed E-state index contributed by atoms with van der Waals surface area (Å²) in [4.78, 5) is 21.0. The summed E-state index contributed by atoms with van der Waals surface area (Å²) in [6.07, 6.45) is 1.26. The maximum absolute atomic E-state index is 13.1. The first-order chi connectivity index (χ1) is 13.7. The molecule has 0 unspecified atom stereocenters. The zero-order chi connectivity index (χ0) is 19.5. The molecule has 0 atom stereocenters. The molecule has 0 aliphatic rings. The Morgan fingerprint density at radius 2 is 1.82 bits per heavy atom. The van der Waals surface area contributed by atoms with Gasteiger partial charge in [0.15, 0.2) is 5.43 Å². The lowest BCUT2D eigenvalue weighted by atomic mass is 10.0. The molecule has 136 valence electrons. The molecule has 2 aromatic heterocycles. The Hall–Kier alpha value is -4.18. The molecule has 0 radical (unpaired) electrons. The standard InChI is InChI=1S/C21H15N5O2/c22-10-15-20(23)25-12-26-21(15)24-11-16-18(27)14-8-4-5-9-17(14)28-19(16)13-6-2-1-3-7-13/h1-9,12H,11H2,(H3,23,24,25,26). The van der Waals surface area contributed by atoms with Crippen molar-refractivity contribution in [3.05, 3.63) is 82.3 Å². The van der Waals surface area contributed by atoms with Gasteiger partial charge in [-0.3, -0.25) is 4.79 Å². The van der Waals surface area contributed by atoms with Crippen LogP contribution in [0.25, 0.3) is 22.3 Å². The molecular weight excluding hydrogens is 354 g/mol. The molecule has 0 saturated carbocycles. The largest absolute Gasteiger partial charge is 0.455 e. The molecule has 2 aromatic carbocycles. The molecule has 0 saturated heterocycles. The minimum absolute atomic E-state index is 0.0776. The Morgan fingerprint density at radius 1 is 1.07 bits per heavy atom. The number of anilines is 2. The van der Waals surface area contributed by atoms with Crippen molar-refractivity contribution in [1.29, 1.82) is 5.26 Å². The van der Waals surface area contributed by atoms with E-state index in [0.717, 1.165) is 5.56 Å². The van der Waals surface area contributed by atoms with Gasteiger partial charge in [-0.05, 0) is 12.1 Å². The molecule has 28 heavy (non-hydrogen) atoms. The average Bonchev–Trinajstić information content (AvgIpc) is 2.73. The van der Waals surface area contributed by atoms with Crippen molar-refractivity contribution in [2.45, 2.75) is 6.54 Å². The summed E-state index contributed by atoms with van der Waals surface area (Å²) in [5.74, 6) is 0.813. The monoisotopic (exact) mass is 369 g/mol. The number of nitriles is 1. The van der Waals surface area contributed by atoms with Crippen LogP contribution in [0.15, 0.2) is 70.1 Å². The fraction of sp³-hybridized carbons (Fsp3) is 0.0476. The smallest absolute Gasteiger partial charge is 0.198 e. The zero-order valence-electron chi connectivity index (χ0n) is 14.7. The Morgan fingerprint density at radius 3 is 2.61 bits per heavy atom. The predicted octanol–water partition coefficient (Wildman–Crippen LogP) is 3.32. The Labute approximate surface area is 160 Å². The molecule has 7 heteroatoms. The van der Waals surface area contributed by atoms with Crippen LogP contribution in [0.1, 0.15) is 11.1 Å². The highest BCUT2D eigenvalue weighted by molar-refractivity contribution is 5.80. The van der Waals surface area contributed by atoms with Crippen LogP contribution < -0.4 is 16.5 Å². The summed E-state index contributed by atoms with van der Waals surface area (Å²) >= 11 is 0. The Kier molecular flexibility index (Phi) is 4.44. The lowest BCUT2D eigenvalue weighted by molar-refractivity contribution is 0.611. The van der Waals surface area contributed by atoms with Gasteiger partial charge in [0.2, 0.25) is 0 Å². The first kappa shape index (κ1) is 17.2. The number of fused-ring (bicyclic) bond motifs is 1. The third kappa shape index (κ3) is 3.04. The van der Waals surface area contributed by atoms with Gasteiger partial charge in [-0.15, -0.1) is 0 Å². The summed E-state index contributed by atoms with van der Waals surface area (Å²) < 4.78 is 6.07. The second-order valence-electron chi connectivity index (χ2n) is 6.05. The van der Waals surface area contributed by atoms with Gasteiger partial charge in [-0.25, -0.2) is 9.97 Å². The van der Waals surface area contributed by atoms with Crippen molar-refractivity contribution in [1.82, 2.24) is 9.97 Å². The van der Waals surface area contributed by atoms with Gasteiger partial charge < -0.3 is 15.5 Å². The van der Waals surface area contributed by atoms with Crippen molar-refractivity contribution in [2.75, 3.05) is 11.1 Å². The lowest BCUT2D eigenvalue weighted by Gasteiger charge is -2.12. The number of benzene rings is 2. The fourth-order valence-corrected chi connectivity index (χ4v) is 2.98. The van der Waals surface area contributed by atoms with Crippen LogP contribution in [0.3, 0.4) is 0 Å². The van der Waals surface area contributed by atoms with Crippen LogP contribution in [0.2, 0.25) is 0 Å². The van der Waals surface area contributed by atoms with Gasteiger partial charge in [0.05, 0.1) is 10.9 Å². The van der Waals surface area contributed by atoms with E-state index in [1.54, 1.807) is 18.2 Å². The minimum atomic E-state index is -0.145. The number of hydrogen-bond donors (Lipinski definition) is 2. The third-order valence-electron chi connectivity index (χ3n) is 4.35. The van der Waals surface area contributed by atoms with Crippen molar-refractivity contribution >= 4 is 22.6 Å². The maximum atomic E-state index is 13.1. The summed E-state index contributed by atoms with van der Waals surface area (Å²) in [7, 11) is 0.